The zero-order chi connectivity index (χ0) is 18.4. The van der Waals surface area contributed by atoms with Gasteiger partial charge in [0.1, 0.15) is 16.1 Å². The van der Waals surface area contributed by atoms with E-state index in [1.165, 1.54) is 16.2 Å². The minimum atomic E-state index is -0.163. The number of nitrogens with zero attached hydrogens (tertiary/aromatic N) is 2. The summed E-state index contributed by atoms with van der Waals surface area (Å²) in [6.07, 6.45) is 3.04. The van der Waals surface area contributed by atoms with E-state index in [-0.39, 0.29) is 5.91 Å². The molecule has 27 heavy (non-hydrogen) atoms. The number of aromatic nitrogens is 1. The number of amides is 1. The van der Waals surface area contributed by atoms with Gasteiger partial charge in [-0.15, -0.1) is 34.0 Å². The van der Waals surface area contributed by atoms with Crippen LogP contribution >= 0.6 is 34.0 Å². The molecule has 1 amide bonds. The fraction of sp³-hybridized carbons (Fsp3) is 0.150. The van der Waals surface area contributed by atoms with Crippen LogP contribution in [0.15, 0.2) is 36.4 Å². The lowest BCUT2D eigenvalue weighted by molar-refractivity contribution is 0.103. The molecular weight excluding hydrogens is 394 g/mol. The Labute approximate surface area is 167 Å². The number of para-hydroxylation sites is 1. The first kappa shape index (κ1) is 16.6. The van der Waals surface area contributed by atoms with Crippen molar-refractivity contribution in [3.63, 3.8) is 0 Å². The molecule has 0 atom stereocenters. The van der Waals surface area contributed by atoms with Gasteiger partial charge in [0, 0.05) is 4.88 Å². The number of thiazole rings is 1. The molecule has 1 aliphatic carbocycles. The molecule has 0 fully saturated rings. The molecule has 4 nitrogen and oxygen atoms in total. The van der Waals surface area contributed by atoms with E-state index < -0.39 is 0 Å². The largest absolute Gasteiger partial charge is 0.312 e. The molecule has 0 unspecified atom stereocenters. The van der Waals surface area contributed by atoms with Crippen LogP contribution in [0.1, 0.15) is 32.1 Å². The third kappa shape index (κ3) is 2.86. The Hall–Kier alpha value is -2.53. The fourth-order valence-electron chi connectivity index (χ4n) is 3.33. The van der Waals surface area contributed by atoms with Gasteiger partial charge in [-0.1, -0.05) is 12.1 Å². The van der Waals surface area contributed by atoms with Gasteiger partial charge < -0.3 is 5.32 Å². The average Bonchev–Trinajstić information content (AvgIpc) is 3.43. The Bertz CT molecular complexity index is 1190. The number of thiophene rings is 2. The molecule has 0 spiro atoms. The lowest BCUT2D eigenvalue weighted by atomic mass is 10.1. The topological polar surface area (TPSA) is 65.8 Å². The number of anilines is 1. The summed E-state index contributed by atoms with van der Waals surface area (Å²) in [6.45, 7) is 0. The number of rotatable bonds is 3. The van der Waals surface area contributed by atoms with Crippen LogP contribution < -0.4 is 5.32 Å². The van der Waals surface area contributed by atoms with E-state index in [2.05, 4.69) is 22.4 Å². The molecule has 1 N–H and O–H groups in total. The summed E-state index contributed by atoms with van der Waals surface area (Å²) >= 11 is 4.60. The van der Waals surface area contributed by atoms with Gasteiger partial charge in [0.15, 0.2) is 0 Å². The average molecular weight is 408 g/mol. The molecule has 0 radical (unpaired) electrons. The number of fused-ring (bicyclic) bond motifs is 2. The Morgan fingerprint density at radius 1 is 1.11 bits per heavy atom. The van der Waals surface area contributed by atoms with E-state index in [4.69, 9.17) is 0 Å². The Morgan fingerprint density at radius 3 is 2.85 bits per heavy atom. The van der Waals surface area contributed by atoms with Gasteiger partial charge in [0.2, 0.25) is 0 Å². The third-order valence-corrected chi connectivity index (χ3v) is 8.09. The van der Waals surface area contributed by atoms with E-state index in [1.807, 2.05) is 30.3 Å². The second-order valence-corrected chi connectivity index (χ2v) is 9.50. The first-order valence-corrected chi connectivity index (χ1v) is 11.0. The minimum Gasteiger partial charge on any atom is -0.312 e. The third-order valence-electron chi connectivity index (χ3n) is 4.59. The van der Waals surface area contributed by atoms with Gasteiger partial charge in [-0.05, 0) is 49.1 Å². The molecule has 7 heteroatoms. The van der Waals surface area contributed by atoms with Crippen molar-refractivity contribution in [3.05, 3.63) is 57.3 Å². The highest BCUT2D eigenvalue weighted by Crippen LogP contribution is 2.39. The molecule has 5 rings (SSSR count). The number of aryl methyl sites for hydroxylation is 1. The zero-order valence-corrected chi connectivity index (χ0v) is 16.6. The van der Waals surface area contributed by atoms with E-state index in [1.54, 1.807) is 22.7 Å². The molecule has 1 aliphatic rings. The van der Waals surface area contributed by atoms with Gasteiger partial charge in [0.25, 0.3) is 5.91 Å². The summed E-state index contributed by atoms with van der Waals surface area (Å²) in [5.41, 5.74) is 2.74. The molecule has 0 aliphatic heterocycles. The molecule has 132 valence electrons. The molecule has 4 aromatic rings. The predicted octanol–water partition coefficient (Wildman–Crippen LogP) is 5.70. The number of carbonyl (C=O) groups excluding carboxylic acids is 1. The maximum absolute atomic E-state index is 12.7. The van der Waals surface area contributed by atoms with Crippen LogP contribution in [0.25, 0.3) is 20.1 Å². The van der Waals surface area contributed by atoms with Crippen molar-refractivity contribution in [1.82, 2.24) is 4.98 Å². The standard InChI is InChI=1S/C20H13N3OS3/c21-10-12-11-4-3-7-14(11)26-19(12)23-18(24)16-8-9-17(25-16)20-22-13-5-1-2-6-15(13)27-20/h1-2,5-6,8-9H,3-4,7H2,(H,23,24). The predicted molar refractivity (Wildman–Crippen MR) is 112 cm³/mol. The summed E-state index contributed by atoms with van der Waals surface area (Å²) in [7, 11) is 0. The summed E-state index contributed by atoms with van der Waals surface area (Å²) in [6, 6.07) is 14.1. The molecule has 0 bridgehead atoms. The van der Waals surface area contributed by atoms with Crippen molar-refractivity contribution in [1.29, 1.82) is 5.26 Å². The van der Waals surface area contributed by atoms with Gasteiger partial charge in [-0.2, -0.15) is 5.26 Å². The van der Waals surface area contributed by atoms with Crippen LogP contribution in [0.4, 0.5) is 5.00 Å². The Morgan fingerprint density at radius 2 is 2.00 bits per heavy atom. The Kier molecular flexibility index (Phi) is 4.05. The lowest BCUT2D eigenvalue weighted by Gasteiger charge is -2.01. The van der Waals surface area contributed by atoms with Crippen LogP contribution in [0.3, 0.4) is 0 Å². The number of hydrogen-bond acceptors (Lipinski definition) is 6. The minimum absolute atomic E-state index is 0.163. The van der Waals surface area contributed by atoms with E-state index in [9.17, 15) is 10.1 Å². The van der Waals surface area contributed by atoms with Crippen molar-refractivity contribution >= 4 is 55.1 Å². The van der Waals surface area contributed by atoms with Crippen molar-refractivity contribution in [2.75, 3.05) is 5.32 Å². The molecule has 1 aromatic carbocycles. The SMILES string of the molecule is N#Cc1c(NC(=O)c2ccc(-c3nc4ccccc4s3)s2)sc2c1CCC2. The van der Waals surface area contributed by atoms with Crippen molar-refractivity contribution < 1.29 is 4.79 Å². The molecular formula is C20H13N3OS3. The number of benzene rings is 1. The lowest BCUT2D eigenvalue weighted by Crippen LogP contribution is -2.10. The van der Waals surface area contributed by atoms with Gasteiger partial charge in [-0.3, -0.25) is 4.79 Å². The normalized spacial score (nSPS) is 12.9. The summed E-state index contributed by atoms with van der Waals surface area (Å²) in [4.78, 5) is 20.2. The maximum Gasteiger partial charge on any atom is 0.266 e. The summed E-state index contributed by atoms with van der Waals surface area (Å²) in [5, 5.41) is 14.0. The summed E-state index contributed by atoms with van der Waals surface area (Å²) < 4.78 is 1.14. The molecule has 0 saturated carbocycles. The first-order valence-electron chi connectivity index (χ1n) is 8.54. The molecule has 3 heterocycles. The number of nitriles is 1. The van der Waals surface area contributed by atoms with Crippen molar-refractivity contribution in [2.45, 2.75) is 19.3 Å². The number of nitrogens with one attached hydrogen (secondary N) is 1. The molecule has 3 aromatic heterocycles. The smallest absolute Gasteiger partial charge is 0.266 e. The van der Waals surface area contributed by atoms with Crippen LogP contribution in [0, 0.1) is 11.3 Å². The van der Waals surface area contributed by atoms with Crippen molar-refractivity contribution in [2.24, 2.45) is 0 Å². The van der Waals surface area contributed by atoms with Crippen LogP contribution in [-0.4, -0.2) is 10.9 Å². The van der Waals surface area contributed by atoms with Crippen LogP contribution in [-0.2, 0) is 12.8 Å². The quantitative estimate of drug-likeness (QED) is 0.474. The fourth-order valence-corrected chi connectivity index (χ4v) is 6.48. The maximum atomic E-state index is 12.7. The van der Waals surface area contributed by atoms with Crippen LogP contribution in [0.5, 0.6) is 0 Å². The second-order valence-electron chi connectivity index (χ2n) is 6.28. The number of carbonyl (C=O) groups is 1. The van der Waals surface area contributed by atoms with Gasteiger partial charge in [0.05, 0.1) is 25.5 Å². The molecule has 0 saturated heterocycles. The first-order chi connectivity index (χ1) is 13.2. The monoisotopic (exact) mass is 407 g/mol. The van der Waals surface area contributed by atoms with Crippen molar-refractivity contribution in [3.8, 4) is 16.0 Å². The van der Waals surface area contributed by atoms with Crippen LogP contribution in [0.2, 0.25) is 0 Å². The van der Waals surface area contributed by atoms with Gasteiger partial charge in [-0.25, -0.2) is 4.98 Å². The van der Waals surface area contributed by atoms with E-state index in [0.29, 0.717) is 15.4 Å². The number of hydrogen-bond donors (Lipinski definition) is 1. The van der Waals surface area contributed by atoms with Gasteiger partial charge >= 0.3 is 0 Å². The summed E-state index contributed by atoms with van der Waals surface area (Å²) in [5.74, 6) is -0.163. The zero-order valence-electron chi connectivity index (χ0n) is 14.1. The Balaban J connectivity index is 1.41. The highest BCUT2D eigenvalue weighted by molar-refractivity contribution is 7.26. The van der Waals surface area contributed by atoms with E-state index >= 15 is 0 Å². The highest BCUT2D eigenvalue weighted by Gasteiger charge is 2.24. The highest BCUT2D eigenvalue weighted by atomic mass is 32.1. The second kappa shape index (κ2) is 6.57. The van der Waals surface area contributed by atoms with E-state index in [0.717, 1.165) is 44.9 Å².